The molecule has 0 saturated heterocycles. The van der Waals surface area contributed by atoms with Crippen molar-refractivity contribution in [3.05, 3.63) is 60.2 Å². The Balaban J connectivity index is 2.36. The van der Waals surface area contributed by atoms with Crippen molar-refractivity contribution in [1.82, 2.24) is 0 Å². The molecular formula is C13H10ClO+. The van der Waals surface area contributed by atoms with Crippen molar-refractivity contribution in [3.8, 4) is 11.1 Å². The molecule has 0 radical (unpaired) electrons. The number of halogens is 1. The first-order chi connectivity index (χ1) is 7.27. The lowest BCUT2D eigenvalue weighted by Crippen LogP contribution is -1.89. The van der Waals surface area contributed by atoms with Gasteiger partial charge in [-0.15, -0.1) is 0 Å². The number of benzene rings is 2. The number of rotatable bonds is 2. The van der Waals surface area contributed by atoms with Gasteiger partial charge in [-0.3, -0.25) is 4.79 Å². The van der Waals surface area contributed by atoms with Gasteiger partial charge in [0, 0.05) is 11.6 Å². The molecule has 1 nitrogen and oxygen atoms in total. The molecule has 0 aliphatic heterocycles. The van der Waals surface area contributed by atoms with Crippen LogP contribution in [0.25, 0.3) is 11.1 Å². The summed E-state index contributed by atoms with van der Waals surface area (Å²) in [7, 11) is 0. The first-order valence-electron chi connectivity index (χ1n) is 4.64. The van der Waals surface area contributed by atoms with E-state index < -0.39 is 0 Å². The van der Waals surface area contributed by atoms with Gasteiger partial charge >= 0.3 is 5.24 Å². The highest BCUT2D eigenvalue weighted by molar-refractivity contribution is 6.68. The smallest absolute Gasteiger partial charge is 0.262 e. The third-order valence-corrected chi connectivity index (χ3v) is 2.45. The van der Waals surface area contributed by atoms with Crippen LogP contribution in [-0.2, 0) is 0 Å². The molecule has 0 unspecified atom stereocenters. The van der Waals surface area contributed by atoms with E-state index in [2.05, 4.69) is 0 Å². The molecule has 0 aromatic heterocycles. The van der Waals surface area contributed by atoms with Crippen LogP contribution in [0.1, 0.15) is 5.56 Å². The summed E-state index contributed by atoms with van der Waals surface area (Å²) in [6, 6.07) is 17.5. The maximum atomic E-state index is 9.07. The van der Waals surface area contributed by atoms with Gasteiger partial charge in [0.2, 0.25) is 0 Å². The summed E-state index contributed by atoms with van der Waals surface area (Å²) < 4.78 is 0. The monoisotopic (exact) mass is 217 g/mol. The Morgan fingerprint density at radius 1 is 0.800 bits per heavy atom. The predicted octanol–water partition coefficient (Wildman–Crippen LogP) is 3.44. The molecule has 2 aromatic carbocycles. The maximum Gasteiger partial charge on any atom is 0.418 e. The molecule has 0 aliphatic rings. The third-order valence-electron chi connectivity index (χ3n) is 2.23. The number of hydrogen-bond acceptors (Lipinski definition) is 0. The van der Waals surface area contributed by atoms with Crippen molar-refractivity contribution >= 4 is 16.8 Å². The predicted molar refractivity (Wildman–Crippen MR) is 63.8 cm³/mol. The van der Waals surface area contributed by atoms with Crippen LogP contribution < -0.4 is 0 Å². The van der Waals surface area contributed by atoms with E-state index in [0.717, 1.165) is 11.1 Å². The fourth-order valence-electron chi connectivity index (χ4n) is 1.43. The first-order valence-corrected chi connectivity index (χ1v) is 5.02. The van der Waals surface area contributed by atoms with Gasteiger partial charge in [0.1, 0.15) is 0 Å². The van der Waals surface area contributed by atoms with E-state index in [1.165, 1.54) is 0 Å². The standard InChI is InChI=1S/C13H9ClO/c14-13(15)12-8-6-11(7-9-12)10-4-2-1-3-5-10/h1-9H/p+1. The zero-order valence-electron chi connectivity index (χ0n) is 8.02. The maximum absolute atomic E-state index is 9.07. The Bertz CT molecular complexity index is 460. The van der Waals surface area contributed by atoms with Crippen molar-refractivity contribution in [2.24, 2.45) is 0 Å². The highest BCUT2D eigenvalue weighted by Crippen LogP contribution is 2.19. The minimum absolute atomic E-state index is 0.172. The molecule has 0 saturated carbocycles. The van der Waals surface area contributed by atoms with Crippen LogP contribution in [0.3, 0.4) is 0 Å². The molecule has 0 amide bonds. The lowest BCUT2D eigenvalue weighted by Gasteiger charge is -2.00. The van der Waals surface area contributed by atoms with E-state index in [9.17, 15) is 0 Å². The molecule has 74 valence electrons. The summed E-state index contributed by atoms with van der Waals surface area (Å²) in [5, 5.41) is -0.172. The van der Waals surface area contributed by atoms with E-state index in [4.69, 9.17) is 16.4 Å². The van der Waals surface area contributed by atoms with Crippen LogP contribution in [0.15, 0.2) is 54.6 Å². The zero-order valence-corrected chi connectivity index (χ0v) is 8.78. The first kappa shape index (κ1) is 9.94. The van der Waals surface area contributed by atoms with Gasteiger partial charge in [0.15, 0.2) is 0 Å². The Kier molecular flexibility index (Phi) is 2.84. The topological polar surface area (TPSA) is 21.4 Å². The second-order valence-electron chi connectivity index (χ2n) is 3.23. The van der Waals surface area contributed by atoms with E-state index in [1.54, 1.807) is 12.1 Å². The molecule has 0 aliphatic carbocycles. The molecule has 0 fully saturated rings. The average Bonchev–Trinajstić information content (AvgIpc) is 2.30. The Morgan fingerprint density at radius 2 is 1.33 bits per heavy atom. The van der Waals surface area contributed by atoms with Crippen molar-refractivity contribution in [3.63, 3.8) is 0 Å². The minimum atomic E-state index is -0.172. The second kappa shape index (κ2) is 4.28. The summed E-state index contributed by atoms with van der Waals surface area (Å²) >= 11 is 5.47. The number of hydrogen-bond donors (Lipinski definition) is 0. The third kappa shape index (κ3) is 2.25. The summed E-state index contributed by atoms with van der Waals surface area (Å²) in [5.74, 6) is 0. The molecule has 2 heteroatoms. The van der Waals surface area contributed by atoms with Crippen molar-refractivity contribution in [2.75, 3.05) is 0 Å². The van der Waals surface area contributed by atoms with Gasteiger partial charge in [0.05, 0.1) is 5.56 Å². The molecule has 0 spiro atoms. The lowest BCUT2D eigenvalue weighted by atomic mass is 10.0. The SMILES string of the molecule is [OH+]=C(Cl)c1ccc(-c2ccccc2)cc1. The molecule has 1 N–H and O–H groups in total. The molecular weight excluding hydrogens is 208 g/mol. The normalized spacial score (nSPS) is 9.93. The van der Waals surface area contributed by atoms with Crippen LogP contribution in [0.4, 0.5) is 0 Å². The fourth-order valence-corrected chi connectivity index (χ4v) is 1.56. The Morgan fingerprint density at radius 3 is 1.87 bits per heavy atom. The molecule has 2 rings (SSSR count). The lowest BCUT2D eigenvalue weighted by molar-refractivity contribution is 0.688. The van der Waals surface area contributed by atoms with Crippen LogP contribution in [0.2, 0.25) is 0 Å². The van der Waals surface area contributed by atoms with Gasteiger partial charge < -0.3 is 0 Å². The Hall–Kier alpha value is -1.60. The highest BCUT2D eigenvalue weighted by atomic mass is 35.5. The van der Waals surface area contributed by atoms with Gasteiger partial charge in [-0.2, -0.15) is 0 Å². The van der Waals surface area contributed by atoms with Gasteiger partial charge in [-0.05, 0) is 23.3 Å². The van der Waals surface area contributed by atoms with Crippen molar-refractivity contribution in [1.29, 1.82) is 0 Å². The molecule has 2 aromatic rings. The van der Waals surface area contributed by atoms with Crippen molar-refractivity contribution < 1.29 is 4.79 Å². The van der Waals surface area contributed by atoms with Gasteiger partial charge in [-0.25, -0.2) is 0 Å². The summed E-state index contributed by atoms with van der Waals surface area (Å²) in [6.07, 6.45) is 0. The highest BCUT2D eigenvalue weighted by Gasteiger charge is 2.07. The molecule has 0 heterocycles. The fraction of sp³-hybridized carbons (Fsp3) is 0. The minimum Gasteiger partial charge on any atom is -0.262 e. The zero-order chi connectivity index (χ0) is 10.7. The quantitative estimate of drug-likeness (QED) is 0.543. The molecule has 0 atom stereocenters. The van der Waals surface area contributed by atoms with Crippen molar-refractivity contribution in [2.45, 2.75) is 0 Å². The molecule has 15 heavy (non-hydrogen) atoms. The largest absolute Gasteiger partial charge is 0.418 e. The number of carbonyl (C=O) groups excluding carboxylic acids is 1. The van der Waals surface area contributed by atoms with Crippen LogP contribution >= 0.6 is 11.6 Å². The summed E-state index contributed by atoms with van der Waals surface area (Å²) in [4.78, 5) is 9.07. The van der Waals surface area contributed by atoms with E-state index in [0.29, 0.717) is 5.56 Å². The summed E-state index contributed by atoms with van der Waals surface area (Å²) in [6.45, 7) is 0. The van der Waals surface area contributed by atoms with E-state index in [-0.39, 0.29) is 5.24 Å². The van der Waals surface area contributed by atoms with Crippen LogP contribution in [-0.4, -0.2) is 10.0 Å². The van der Waals surface area contributed by atoms with Crippen LogP contribution in [0.5, 0.6) is 0 Å². The molecule has 0 bridgehead atoms. The Labute approximate surface area is 93.3 Å². The van der Waals surface area contributed by atoms with E-state index in [1.807, 2.05) is 42.5 Å². The summed E-state index contributed by atoms with van der Waals surface area (Å²) in [5.41, 5.74) is 2.90. The second-order valence-corrected chi connectivity index (χ2v) is 3.59. The van der Waals surface area contributed by atoms with Crippen LogP contribution in [0, 0.1) is 0 Å². The average molecular weight is 218 g/mol. The van der Waals surface area contributed by atoms with E-state index >= 15 is 0 Å². The van der Waals surface area contributed by atoms with Gasteiger partial charge in [0.25, 0.3) is 0 Å². The van der Waals surface area contributed by atoms with Gasteiger partial charge in [-0.1, -0.05) is 42.5 Å².